The number of carbonyl (C=O) groups is 1. The second-order valence-corrected chi connectivity index (χ2v) is 8.07. The smallest absolute Gasteiger partial charge is 0.230 e. The molecule has 6 heteroatoms. The number of hydrogen-bond acceptors (Lipinski definition) is 4. The third-order valence-corrected chi connectivity index (χ3v) is 5.39. The zero-order valence-electron chi connectivity index (χ0n) is 14.9. The molecule has 2 aromatic rings. The van der Waals surface area contributed by atoms with Gasteiger partial charge in [-0.15, -0.1) is 11.8 Å². The van der Waals surface area contributed by atoms with Gasteiger partial charge in [0.15, 0.2) is 11.5 Å². The molecule has 1 heterocycles. The van der Waals surface area contributed by atoms with E-state index in [0.717, 1.165) is 33.4 Å². The minimum Gasteiger partial charge on any atom is -0.486 e. The van der Waals surface area contributed by atoms with Gasteiger partial charge in [-0.05, 0) is 49.2 Å². The van der Waals surface area contributed by atoms with Crippen molar-refractivity contribution >= 4 is 29.3 Å². The lowest BCUT2D eigenvalue weighted by atomic mass is 9.93. The van der Waals surface area contributed by atoms with E-state index in [1.165, 1.54) is 0 Å². The predicted molar refractivity (Wildman–Crippen MR) is 106 cm³/mol. The number of benzene rings is 2. The molecule has 0 saturated heterocycles. The molecule has 1 N–H and O–H groups in total. The second kappa shape index (κ2) is 8.23. The average Bonchev–Trinajstić information content (AvgIpc) is 2.62. The van der Waals surface area contributed by atoms with Gasteiger partial charge in [0.1, 0.15) is 13.2 Å². The Morgan fingerprint density at radius 2 is 1.81 bits per heavy atom. The van der Waals surface area contributed by atoms with Crippen molar-refractivity contribution < 1.29 is 14.3 Å². The Kier molecular flexibility index (Phi) is 5.99. The molecule has 0 saturated carbocycles. The van der Waals surface area contributed by atoms with Gasteiger partial charge in [-0.3, -0.25) is 4.79 Å². The summed E-state index contributed by atoms with van der Waals surface area (Å²) < 4.78 is 11.2. The Labute approximate surface area is 163 Å². The molecule has 3 rings (SSSR count). The summed E-state index contributed by atoms with van der Waals surface area (Å²) in [5.41, 5.74) is 1.64. The molecule has 138 valence electrons. The minimum absolute atomic E-state index is 0.00357. The van der Waals surface area contributed by atoms with Crippen LogP contribution >= 0.6 is 23.4 Å². The predicted octanol–water partition coefficient (Wildman–Crippen LogP) is 4.40. The third-order valence-electron chi connectivity index (χ3n) is 4.13. The van der Waals surface area contributed by atoms with Gasteiger partial charge in [-0.2, -0.15) is 0 Å². The number of rotatable bonds is 6. The zero-order valence-corrected chi connectivity index (χ0v) is 16.5. The highest BCUT2D eigenvalue weighted by Gasteiger charge is 2.25. The van der Waals surface area contributed by atoms with Gasteiger partial charge < -0.3 is 14.8 Å². The summed E-state index contributed by atoms with van der Waals surface area (Å²) in [5.74, 6) is 2.66. The fourth-order valence-corrected chi connectivity index (χ4v) is 3.64. The maximum absolute atomic E-state index is 12.4. The highest BCUT2D eigenvalue weighted by molar-refractivity contribution is 7.99. The number of nitrogens with one attached hydrogen (secondary N) is 1. The van der Waals surface area contributed by atoms with Crippen LogP contribution in [0.5, 0.6) is 11.5 Å². The minimum atomic E-state index is -0.492. The van der Waals surface area contributed by atoms with Crippen LogP contribution in [-0.4, -0.2) is 24.9 Å². The number of ether oxygens (including phenoxy) is 2. The summed E-state index contributed by atoms with van der Waals surface area (Å²) in [6.07, 6.45) is 0. The summed E-state index contributed by atoms with van der Waals surface area (Å²) >= 11 is 7.46. The van der Waals surface area contributed by atoms with Crippen LogP contribution in [0.25, 0.3) is 0 Å². The summed E-state index contributed by atoms with van der Waals surface area (Å²) in [4.78, 5) is 12.4. The summed E-state index contributed by atoms with van der Waals surface area (Å²) in [6, 6.07) is 13.5. The SMILES string of the molecule is CC(C)(NC(=O)CSCc1ccc(Cl)cc1)c1ccc2c(c1)OCCO2. The van der Waals surface area contributed by atoms with Crippen LogP contribution in [-0.2, 0) is 16.1 Å². The number of amides is 1. The average molecular weight is 392 g/mol. The quantitative estimate of drug-likeness (QED) is 0.793. The lowest BCUT2D eigenvalue weighted by molar-refractivity contribution is -0.120. The van der Waals surface area contributed by atoms with Gasteiger partial charge >= 0.3 is 0 Å². The van der Waals surface area contributed by atoms with Crippen LogP contribution in [0.4, 0.5) is 0 Å². The van der Waals surface area contributed by atoms with E-state index in [0.29, 0.717) is 19.0 Å². The highest BCUT2D eigenvalue weighted by Crippen LogP contribution is 2.34. The van der Waals surface area contributed by atoms with E-state index in [4.69, 9.17) is 21.1 Å². The van der Waals surface area contributed by atoms with Crippen molar-refractivity contribution in [1.29, 1.82) is 0 Å². The number of fused-ring (bicyclic) bond motifs is 1. The van der Waals surface area contributed by atoms with E-state index in [1.807, 2.05) is 56.3 Å². The van der Waals surface area contributed by atoms with Gasteiger partial charge in [0.05, 0.1) is 11.3 Å². The summed E-state index contributed by atoms with van der Waals surface area (Å²) in [5, 5.41) is 3.82. The van der Waals surface area contributed by atoms with Crippen molar-refractivity contribution in [3.63, 3.8) is 0 Å². The molecule has 4 nitrogen and oxygen atoms in total. The van der Waals surface area contributed by atoms with Crippen LogP contribution in [0.2, 0.25) is 5.02 Å². The molecule has 26 heavy (non-hydrogen) atoms. The van der Waals surface area contributed by atoms with Crippen LogP contribution in [0.3, 0.4) is 0 Å². The number of hydrogen-bond donors (Lipinski definition) is 1. The fourth-order valence-electron chi connectivity index (χ4n) is 2.73. The van der Waals surface area contributed by atoms with Gasteiger partial charge in [-0.25, -0.2) is 0 Å². The lowest BCUT2D eigenvalue weighted by Gasteiger charge is -2.28. The molecule has 0 bridgehead atoms. The molecule has 0 fully saturated rings. The summed E-state index contributed by atoms with van der Waals surface area (Å²) in [7, 11) is 0. The van der Waals surface area contributed by atoms with Crippen LogP contribution in [0.1, 0.15) is 25.0 Å². The van der Waals surface area contributed by atoms with Crippen molar-refractivity contribution in [2.75, 3.05) is 19.0 Å². The van der Waals surface area contributed by atoms with E-state index < -0.39 is 5.54 Å². The van der Waals surface area contributed by atoms with Crippen molar-refractivity contribution in [3.05, 3.63) is 58.6 Å². The topological polar surface area (TPSA) is 47.6 Å². The molecular weight excluding hydrogens is 370 g/mol. The number of thioether (sulfide) groups is 1. The van der Waals surface area contributed by atoms with Crippen molar-refractivity contribution in [2.45, 2.75) is 25.1 Å². The molecule has 0 atom stereocenters. The van der Waals surface area contributed by atoms with E-state index >= 15 is 0 Å². The molecule has 0 aromatic heterocycles. The Morgan fingerprint density at radius 3 is 2.54 bits per heavy atom. The first-order valence-electron chi connectivity index (χ1n) is 8.47. The molecule has 1 amide bonds. The number of halogens is 1. The largest absolute Gasteiger partial charge is 0.486 e. The van der Waals surface area contributed by atoms with Crippen molar-refractivity contribution in [1.82, 2.24) is 5.32 Å². The lowest BCUT2D eigenvalue weighted by Crippen LogP contribution is -2.42. The second-order valence-electron chi connectivity index (χ2n) is 6.65. The van der Waals surface area contributed by atoms with Crippen LogP contribution in [0, 0.1) is 0 Å². The van der Waals surface area contributed by atoms with Gasteiger partial charge in [0.2, 0.25) is 5.91 Å². The standard InChI is InChI=1S/C20H22ClNO3S/c1-20(2,15-5-8-17-18(11-15)25-10-9-24-17)22-19(23)13-26-12-14-3-6-16(21)7-4-14/h3-8,11H,9-10,12-13H2,1-2H3,(H,22,23). The Bertz CT molecular complexity index is 777. The first-order valence-corrected chi connectivity index (χ1v) is 10.0. The summed E-state index contributed by atoms with van der Waals surface area (Å²) in [6.45, 7) is 5.09. The Balaban J connectivity index is 1.54. The first kappa shape index (κ1) is 18.9. The van der Waals surface area contributed by atoms with Crippen molar-refractivity contribution in [2.24, 2.45) is 0 Å². The van der Waals surface area contributed by atoms with Crippen LogP contribution < -0.4 is 14.8 Å². The monoisotopic (exact) mass is 391 g/mol. The van der Waals surface area contributed by atoms with E-state index in [-0.39, 0.29) is 5.91 Å². The van der Waals surface area contributed by atoms with Gasteiger partial charge in [-0.1, -0.05) is 29.8 Å². The first-order chi connectivity index (χ1) is 12.4. The normalized spacial score (nSPS) is 13.3. The maximum atomic E-state index is 12.4. The van der Waals surface area contributed by atoms with Crippen LogP contribution in [0.15, 0.2) is 42.5 Å². The molecule has 1 aliphatic rings. The molecule has 0 radical (unpaired) electrons. The third kappa shape index (κ3) is 4.86. The number of carbonyl (C=O) groups excluding carboxylic acids is 1. The molecule has 0 unspecified atom stereocenters. The molecule has 0 spiro atoms. The van der Waals surface area contributed by atoms with Crippen molar-refractivity contribution in [3.8, 4) is 11.5 Å². The molecule has 1 aliphatic heterocycles. The van der Waals surface area contributed by atoms with E-state index in [1.54, 1.807) is 11.8 Å². The van der Waals surface area contributed by atoms with E-state index in [2.05, 4.69) is 5.32 Å². The molecule has 2 aromatic carbocycles. The maximum Gasteiger partial charge on any atom is 0.230 e. The molecule has 0 aliphatic carbocycles. The Hall–Kier alpha value is -1.85. The Morgan fingerprint density at radius 1 is 1.12 bits per heavy atom. The fraction of sp³-hybridized carbons (Fsp3) is 0.350. The zero-order chi connectivity index (χ0) is 18.6. The van der Waals surface area contributed by atoms with Gasteiger partial charge in [0.25, 0.3) is 0 Å². The highest BCUT2D eigenvalue weighted by atomic mass is 35.5. The van der Waals surface area contributed by atoms with Gasteiger partial charge in [0, 0.05) is 10.8 Å². The molecular formula is C20H22ClNO3S. The van der Waals surface area contributed by atoms with E-state index in [9.17, 15) is 4.79 Å².